The lowest BCUT2D eigenvalue weighted by Gasteiger charge is -2.17. The number of halogens is 1. The van der Waals surface area contributed by atoms with Crippen molar-refractivity contribution in [3.63, 3.8) is 0 Å². The van der Waals surface area contributed by atoms with Crippen molar-refractivity contribution in [2.45, 2.75) is 13.3 Å². The van der Waals surface area contributed by atoms with Crippen molar-refractivity contribution in [1.82, 2.24) is 9.47 Å². The fourth-order valence-corrected chi connectivity index (χ4v) is 3.37. The summed E-state index contributed by atoms with van der Waals surface area (Å²) in [6, 6.07) is 15.0. The highest BCUT2D eigenvalue weighted by Gasteiger charge is 2.07. The van der Waals surface area contributed by atoms with Crippen LogP contribution >= 0.6 is 0 Å². The molecule has 0 unspecified atom stereocenters. The summed E-state index contributed by atoms with van der Waals surface area (Å²) in [4.78, 5) is 14.9. The molecule has 1 heterocycles. The Bertz CT molecular complexity index is 1060. The van der Waals surface area contributed by atoms with Crippen molar-refractivity contribution < 1.29 is 4.39 Å². The van der Waals surface area contributed by atoms with Gasteiger partial charge in [-0.1, -0.05) is 19.1 Å². The first-order valence-electron chi connectivity index (χ1n) is 10.1. The molecule has 3 aromatic rings. The SMILES string of the molecule is CCCN(C)CCNc1ccc(-n2ccc(-c3ccc(F)cc3)cc2=O)cc1C=N. The van der Waals surface area contributed by atoms with Gasteiger partial charge in [0.2, 0.25) is 0 Å². The summed E-state index contributed by atoms with van der Waals surface area (Å²) in [5.41, 5.74) is 3.62. The van der Waals surface area contributed by atoms with E-state index in [0.717, 1.165) is 48.4 Å². The van der Waals surface area contributed by atoms with Gasteiger partial charge in [0.05, 0.1) is 0 Å². The highest BCUT2D eigenvalue weighted by Crippen LogP contribution is 2.20. The van der Waals surface area contributed by atoms with Gasteiger partial charge in [-0.2, -0.15) is 0 Å². The number of nitrogens with one attached hydrogen (secondary N) is 2. The third-order valence-corrected chi connectivity index (χ3v) is 4.98. The van der Waals surface area contributed by atoms with Crippen molar-refractivity contribution in [2.75, 3.05) is 32.0 Å². The summed E-state index contributed by atoms with van der Waals surface area (Å²) in [5, 5.41) is 11.1. The molecule has 0 aliphatic carbocycles. The Morgan fingerprint density at radius 2 is 1.83 bits per heavy atom. The van der Waals surface area contributed by atoms with Crippen LogP contribution < -0.4 is 10.9 Å². The number of benzene rings is 2. The molecular formula is C24H27FN4O. The summed E-state index contributed by atoms with van der Waals surface area (Å²) in [5.74, 6) is -0.308. The van der Waals surface area contributed by atoms with E-state index < -0.39 is 0 Å². The normalized spacial score (nSPS) is 10.9. The summed E-state index contributed by atoms with van der Waals surface area (Å²) < 4.78 is 14.7. The van der Waals surface area contributed by atoms with Gasteiger partial charge in [-0.3, -0.25) is 9.36 Å². The monoisotopic (exact) mass is 406 g/mol. The average molecular weight is 407 g/mol. The Labute approximate surface area is 176 Å². The van der Waals surface area contributed by atoms with E-state index in [9.17, 15) is 9.18 Å². The van der Waals surface area contributed by atoms with Crippen LogP contribution in [0.4, 0.5) is 10.1 Å². The molecule has 2 N–H and O–H groups in total. The van der Waals surface area contributed by atoms with Gasteiger partial charge in [0, 0.05) is 48.5 Å². The minimum absolute atomic E-state index is 0.186. The zero-order chi connectivity index (χ0) is 21.5. The zero-order valence-electron chi connectivity index (χ0n) is 17.4. The number of aromatic nitrogens is 1. The minimum Gasteiger partial charge on any atom is -0.383 e. The van der Waals surface area contributed by atoms with E-state index in [1.165, 1.54) is 24.4 Å². The van der Waals surface area contributed by atoms with Gasteiger partial charge in [-0.05, 0) is 67.5 Å². The molecule has 0 amide bonds. The van der Waals surface area contributed by atoms with Gasteiger partial charge in [-0.25, -0.2) is 4.39 Å². The van der Waals surface area contributed by atoms with Crippen LogP contribution in [0.25, 0.3) is 16.8 Å². The lowest BCUT2D eigenvalue weighted by atomic mass is 10.1. The van der Waals surface area contributed by atoms with Gasteiger partial charge in [-0.15, -0.1) is 0 Å². The second-order valence-corrected chi connectivity index (χ2v) is 7.28. The van der Waals surface area contributed by atoms with Crippen molar-refractivity contribution in [2.24, 2.45) is 0 Å². The highest BCUT2D eigenvalue weighted by molar-refractivity contribution is 5.86. The first-order chi connectivity index (χ1) is 14.5. The molecular weight excluding hydrogens is 379 g/mol. The number of pyridine rings is 1. The van der Waals surface area contributed by atoms with E-state index in [1.807, 2.05) is 24.3 Å². The highest BCUT2D eigenvalue weighted by atomic mass is 19.1. The molecule has 0 aliphatic rings. The van der Waals surface area contributed by atoms with Crippen LogP contribution in [-0.4, -0.2) is 42.4 Å². The van der Waals surface area contributed by atoms with E-state index in [0.29, 0.717) is 5.69 Å². The van der Waals surface area contributed by atoms with Crippen molar-refractivity contribution in [3.05, 3.63) is 82.5 Å². The third-order valence-electron chi connectivity index (χ3n) is 4.98. The molecule has 0 aliphatic heterocycles. The molecule has 0 radical (unpaired) electrons. The fraction of sp³-hybridized carbons (Fsp3) is 0.250. The van der Waals surface area contributed by atoms with Gasteiger partial charge in [0.15, 0.2) is 0 Å². The third kappa shape index (κ3) is 5.21. The van der Waals surface area contributed by atoms with Gasteiger partial charge < -0.3 is 15.6 Å². The fourth-order valence-electron chi connectivity index (χ4n) is 3.37. The van der Waals surface area contributed by atoms with Crippen molar-refractivity contribution in [1.29, 1.82) is 5.41 Å². The van der Waals surface area contributed by atoms with Crippen LogP contribution in [0.5, 0.6) is 0 Å². The van der Waals surface area contributed by atoms with Gasteiger partial charge in [0.1, 0.15) is 5.82 Å². The Morgan fingerprint density at radius 1 is 1.07 bits per heavy atom. The molecule has 0 fully saturated rings. The number of nitrogens with zero attached hydrogens (tertiary/aromatic N) is 2. The Kier molecular flexibility index (Phi) is 7.14. The number of hydrogen-bond donors (Lipinski definition) is 2. The predicted octanol–water partition coefficient (Wildman–Crippen LogP) is 4.39. The second kappa shape index (κ2) is 9.98. The number of likely N-dealkylation sites (N-methyl/N-ethyl adjacent to an activating group) is 1. The Hall–Kier alpha value is -3.25. The van der Waals surface area contributed by atoms with Crippen molar-refractivity contribution >= 4 is 11.9 Å². The molecule has 3 rings (SSSR count). The first kappa shape index (κ1) is 21.5. The molecule has 1 aromatic heterocycles. The second-order valence-electron chi connectivity index (χ2n) is 7.28. The molecule has 0 saturated carbocycles. The lowest BCUT2D eigenvalue weighted by Crippen LogP contribution is -2.26. The van der Waals surface area contributed by atoms with E-state index in [2.05, 4.69) is 24.2 Å². The Balaban J connectivity index is 1.79. The minimum atomic E-state index is -0.308. The molecule has 2 aromatic carbocycles. The van der Waals surface area contributed by atoms with Gasteiger partial charge >= 0.3 is 0 Å². The van der Waals surface area contributed by atoms with Crippen molar-refractivity contribution in [3.8, 4) is 16.8 Å². The molecule has 0 spiro atoms. The average Bonchev–Trinajstić information content (AvgIpc) is 2.74. The van der Waals surface area contributed by atoms with E-state index in [1.54, 1.807) is 22.9 Å². The van der Waals surface area contributed by atoms with Crippen LogP contribution in [-0.2, 0) is 0 Å². The number of hydrogen-bond acceptors (Lipinski definition) is 4. The zero-order valence-corrected chi connectivity index (χ0v) is 17.4. The quantitative estimate of drug-likeness (QED) is 0.518. The standard InChI is InChI=1S/C24H27FN4O/c1-3-12-28(2)14-11-27-23-9-8-22(15-20(23)17-26)29-13-10-19(16-24(29)30)18-4-6-21(25)7-5-18/h4-10,13,15-17,26-27H,3,11-12,14H2,1-2H3. The maximum atomic E-state index is 13.1. The molecule has 6 heteroatoms. The molecule has 156 valence electrons. The molecule has 0 bridgehead atoms. The number of rotatable bonds is 9. The lowest BCUT2D eigenvalue weighted by molar-refractivity contribution is 0.348. The van der Waals surface area contributed by atoms with E-state index in [-0.39, 0.29) is 11.4 Å². The molecule has 30 heavy (non-hydrogen) atoms. The topological polar surface area (TPSA) is 61.1 Å². The summed E-state index contributed by atoms with van der Waals surface area (Å²) in [7, 11) is 2.09. The number of anilines is 1. The molecule has 5 nitrogen and oxygen atoms in total. The van der Waals surface area contributed by atoms with Crippen LogP contribution in [0.3, 0.4) is 0 Å². The van der Waals surface area contributed by atoms with Crippen LogP contribution in [0.15, 0.2) is 65.6 Å². The summed E-state index contributed by atoms with van der Waals surface area (Å²) in [6.07, 6.45) is 4.11. The van der Waals surface area contributed by atoms with E-state index >= 15 is 0 Å². The maximum Gasteiger partial charge on any atom is 0.255 e. The smallest absolute Gasteiger partial charge is 0.255 e. The Morgan fingerprint density at radius 3 is 2.50 bits per heavy atom. The van der Waals surface area contributed by atoms with Crippen LogP contribution in [0, 0.1) is 11.2 Å². The first-order valence-corrected chi connectivity index (χ1v) is 10.1. The largest absolute Gasteiger partial charge is 0.383 e. The van der Waals surface area contributed by atoms with E-state index in [4.69, 9.17) is 5.41 Å². The summed E-state index contributed by atoms with van der Waals surface area (Å²) in [6.45, 7) is 4.90. The molecule has 0 atom stereocenters. The van der Waals surface area contributed by atoms with Gasteiger partial charge in [0.25, 0.3) is 5.56 Å². The summed E-state index contributed by atoms with van der Waals surface area (Å²) >= 11 is 0. The predicted molar refractivity (Wildman–Crippen MR) is 122 cm³/mol. The molecule has 0 saturated heterocycles. The maximum absolute atomic E-state index is 13.1. The van der Waals surface area contributed by atoms with Crippen LogP contribution in [0.1, 0.15) is 18.9 Å². The van der Waals surface area contributed by atoms with Crippen LogP contribution in [0.2, 0.25) is 0 Å².